The largest absolute Gasteiger partial charge is 0.378 e. The van der Waals surface area contributed by atoms with Gasteiger partial charge >= 0.3 is 0 Å². The standard InChI is InChI=1S/C18H24N4O/c1-2-5-14-12-23-13-15-11-21(8-9-22(14)15)18-10-19-16-6-3-4-7-17(16)20-18/h3-4,6-7,10,14-15H,2,5,8-9,11-13H2,1H3/t14-,15+/m0/s1. The molecule has 1 aromatic carbocycles. The lowest BCUT2D eigenvalue weighted by Gasteiger charge is -2.48. The van der Waals surface area contributed by atoms with Crippen molar-refractivity contribution in [3.63, 3.8) is 0 Å². The van der Waals surface area contributed by atoms with Crippen molar-refractivity contribution in [2.24, 2.45) is 0 Å². The van der Waals surface area contributed by atoms with Gasteiger partial charge < -0.3 is 9.64 Å². The summed E-state index contributed by atoms with van der Waals surface area (Å²) >= 11 is 0. The minimum absolute atomic E-state index is 0.474. The van der Waals surface area contributed by atoms with Crippen LogP contribution in [0.5, 0.6) is 0 Å². The van der Waals surface area contributed by atoms with Crippen molar-refractivity contribution in [2.75, 3.05) is 37.7 Å². The average molecular weight is 312 g/mol. The SMILES string of the molecule is CCC[C@H]1COC[C@H]2CN(c3cnc4ccccc4n3)CCN12. The number of para-hydroxylation sites is 2. The third kappa shape index (κ3) is 2.91. The van der Waals surface area contributed by atoms with Crippen LogP contribution in [0.3, 0.4) is 0 Å². The molecule has 4 rings (SSSR count). The molecule has 2 aromatic rings. The van der Waals surface area contributed by atoms with E-state index in [1.54, 1.807) is 0 Å². The third-order valence-corrected chi connectivity index (χ3v) is 5.00. The second-order valence-corrected chi connectivity index (χ2v) is 6.53. The molecule has 0 saturated carbocycles. The van der Waals surface area contributed by atoms with Crippen LogP contribution in [0.4, 0.5) is 5.82 Å². The van der Waals surface area contributed by atoms with Crippen molar-refractivity contribution < 1.29 is 4.74 Å². The monoisotopic (exact) mass is 312 g/mol. The van der Waals surface area contributed by atoms with Crippen LogP contribution in [0.15, 0.2) is 30.5 Å². The lowest BCUT2D eigenvalue weighted by molar-refractivity contribution is -0.0558. The summed E-state index contributed by atoms with van der Waals surface area (Å²) in [4.78, 5) is 14.4. The highest BCUT2D eigenvalue weighted by molar-refractivity contribution is 5.75. The first-order valence-corrected chi connectivity index (χ1v) is 8.65. The zero-order valence-corrected chi connectivity index (χ0v) is 13.7. The van der Waals surface area contributed by atoms with Gasteiger partial charge in [0.2, 0.25) is 0 Å². The van der Waals surface area contributed by atoms with Gasteiger partial charge in [0, 0.05) is 25.7 Å². The molecule has 2 aliphatic rings. The quantitative estimate of drug-likeness (QED) is 0.870. The molecule has 0 spiro atoms. The predicted octanol–water partition coefficient (Wildman–Crippen LogP) is 2.32. The Morgan fingerprint density at radius 1 is 1.17 bits per heavy atom. The number of aromatic nitrogens is 2. The molecule has 0 N–H and O–H groups in total. The van der Waals surface area contributed by atoms with Gasteiger partial charge in [-0.3, -0.25) is 9.88 Å². The number of piperazine rings is 1. The molecular weight excluding hydrogens is 288 g/mol. The Balaban J connectivity index is 1.52. The Morgan fingerprint density at radius 2 is 2.04 bits per heavy atom. The number of hydrogen-bond acceptors (Lipinski definition) is 5. The van der Waals surface area contributed by atoms with Gasteiger partial charge in [-0.05, 0) is 18.6 Å². The minimum Gasteiger partial charge on any atom is -0.378 e. The van der Waals surface area contributed by atoms with Crippen LogP contribution in [0.25, 0.3) is 11.0 Å². The van der Waals surface area contributed by atoms with Crippen LogP contribution < -0.4 is 4.90 Å². The maximum atomic E-state index is 5.85. The fraction of sp³-hybridized carbons (Fsp3) is 0.556. The topological polar surface area (TPSA) is 41.5 Å². The zero-order valence-electron chi connectivity index (χ0n) is 13.7. The molecular formula is C18H24N4O. The number of ether oxygens (including phenoxy) is 1. The highest BCUT2D eigenvalue weighted by Crippen LogP contribution is 2.24. The summed E-state index contributed by atoms with van der Waals surface area (Å²) in [6, 6.07) is 9.12. The lowest BCUT2D eigenvalue weighted by atomic mass is 10.0. The van der Waals surface area contributed by atoms with Crippen LogP contribution in [0.2, 0.25) is 0 Å². The normalized spacial score (nSPS) is 25.5. The maximum Gasteiger partial charge on any atom is 0.147 e. The molecule has 2 saturated heterocycles. The Morgan fingerprint density at radius 3 is 2.91 bits per heavy atom. The van der Waals surface area contributed by atoms with Gasteiger partial charge in [-0.15, -0.1) is 0 Å². The number of hydrogen-bond donors (Lipinski definition) is 0. The Labute approximate surface area is 137 Å². The van der Waals surface area contributed by atoms with Crippen molar-refractivity contribution in [1.29, 1.82) is 0 Å². The van der Waals surface area contributed by atoms with Crippen molar-refractivity contribution in [3.8, 4) is 0 Å². The third-order valence-electron chi connectivity index (χ3n) is 5.00. The van der Waals surface area contributed by atoms with E-state index in [0.29, 0.717) is 12.1 Å². The van der Waals surface area contributed by atoms with Gasteiger partial charge in [-0.25, -0.2) is 4.98 Å². The number of fused-ring (bicyclic) bond motifs is 2. The van der Waals surface area contributed by atoms with Crippen LogP contribution in [-0.4, -0.2) is 59.8 Å². The summed E-state index contributed by atoms with van der Waals surface area (Å²) in [6.07, 6.45) is 4.36. The van der Waals surface area contributed by atoms with Gasteiger partial charge in [-0.2, -0.15) is 0 Å². The first-order chi connectivity index (χ1) is 11.3. The molecule has 23 heavy (non-hydrogen) atoms. The van der Waals surface area contributed by atoms with Gasteiger partial charge in [0.25, 0.3) is 0 Å². The molecule has 3 heterocycles. The smallest absolute Gasteiger partial charge is 0.147 e. The number of nitrogens with zero attached hydrogens (tertiary/aromatic N) is 4. The van der Waals surface area contributed by atoms with Crippen LogP contribution in [-0.2, 0) is 4.74 Å². The van der Waals surface area contributed by atoms with E-state index in [-0.39, 0.29) is 0 Å². The highest BCUT2D eigenvalue weighted by atomic mass is 16.5. The average Bonchev–Trinajstić information content (AvgIpc) is 2.61. The van der Waals surface area contributed by atoms with E-state index in [2.05, 4.69) is 21.7 Å². The summed E-state index contributed by atoms with van der Waals surface area (Å²) in [5, 5.41) is 0. The highest BCUT2D eigenvalue weighted by Gasteiger charge is 2.35. The minimum atomic E-state index is 0.474. The van der Waals surface area contributed by atoms with Crippen molar-refractivity contribution in [2.45, 2.75) is 31.8 Å². The molecule has 0 aliphatic carbocycles. The van der Waals surface area contributed by atoms with E-state index in [1.165, 1.54) is 12.8 Å². The van der Waals surface area contributed by atoms with Crippen LogP contribution in [0.1, 0.15) is 19.8 Å². The number of morpholine rings is 1. The molecule has 0 bridgehead atoms. The zero-order chi connectivity index (χ0) is 15.6. The number of anilines is 1. The number of benzene rings is 1. The first kappa shape index (κ1) is 14.8. The van der Waals surface area contributed by atoms with Gasteiger partial charge in [-0.1, -0.05) is 25.5 Å². The Kier molecular flexibility index (Phi) is 4.14. The summed E-state index contributed by atoms with van der Waals surface area (Å²) in [5.74, 6) is 0.987. The molecule has 0 amide bonds. The second kappa shape index (κ2) is 6.42. The van der Waals surface area contributed by atoms with Gasteiger partial charge in [0.05, 0.1) is 36.5 Å². The summed E-state index contributed by atoms with van der Waals surface area (Å²) in [5.41, 5.74) is 1.93. The van der Waals surface area contributed by atoms with Crippen molar-refractivity contribution in [3.05, 3.63) is 30.5 Å². The van der Waals surface area contributed by atoms with Crippen LogP contribution in [0, 0.1) is 0 Å². The Bertz CT molecular complexity index is 675. The summed E-state index contributed by atoms with van der Waals surface area (Å²) in [6.45, 7) is 7.06. The van der Waals surface area contributed by atoms with Gasteiger partial charge in [0.15, 0.2) is 0 Å². The number of rotatable bonds is 3. The fourth-order valence-electron chi connectivity index (χ4n) is 3.82. The van der Waals surface area contributed by atoms with E-state index >= 15 is 0 Å². The predicted molar refractivity (Wildman–Crippen MR) is 91.8 cm³/mol. The molecule has 5 nitrogen and oxygen atoms in total. The fourth-order valence-corrected chi connectivity index (χ4v) is 3.82. The first-order valence-electron chi connectivity index (χ1n) is 8.65. The molecule has 2 fully saturated rings. The molecule has 5 heteroatoms. The Hall–Kier alpha value is -1.72. The summed E-state index contributed by atoms with van der Waals surface area (Å²) in [7, 11) is 0. The van der Waals surface area contributed by atoms with E-state index in [1.807, 2.05) is 30.5 Å². The van der Waals surface area contributed by atoms with Crippen molar-refractivity contribution >= 4 is 16.9 Å². The molecule has 1 aromatic heterocycles. The summed E-state index contributed by atoms with van der Waals surface area (Å²) < 4.78 is 5.85. The van der Waals surface area contributed by atoms with E-state index < -0.39 is 0 Å². The van der Waals surface area contributed by atoms with E-state index in [9.17, 15) is 0 Å². The molecule has 2 atom stereocenters. The van der Waals surface area contributed by atoms with E-state index in [0.717, 1.165) is 49.7 Å². The van der Waals surface area contributed by atoms with Crippen molar-refractivity contribution in [1.82, 2.24) is 14.9 Å². The molecule has 0 unspecified atom stereocenters. The van der Waals surface area contributed by atoms with E-state index in [4.69, 9.17) is 9.72 Å². The molecule has 122 valence electrons. The van der Waals surface area contributed by atoms with Crippen LogP contribution >= 0.6 is 0 Å². The lowest BCUT2D eigenvalue weighted by Crippen LogP contribution is -2.62. The molecule has 2 aliphatic heterocycles. The maximum absolute atomic E-state index is 5.85. The second-order valence-electron chi connectivity index (χ2n) is 6.53. The van der Waals surface area contributed by atoms with Gasteiger partial charge in [0.1, 0.15) is 5.82 Å². The molecule has 0 radical (unpaired) electrons.